The number of ether oxygens (including phenoxy) is 2. The van der Waals surface area contributed by atoms with Gasteiger partial charge in [0.2, 0.25) is 5.91 Å². The Hall–Kier alpha value is -1.14. The summed E-state index contributed by atoms with van der Waals surface area (Å²) >= 11 is 0. The summed E-state index contributed by atoms with van der Waals surface area (Å²) in [6.07, 6.45) is 2.63. The van der Waals surface area contributed by atoms with Crippen molar-refractivity contribution >= 4 is 11.9 Å². The zero-order valence-corrected chi connectivity index (χ0v) is 11.8. The molecule has 2 atom stereocenters. The van der Waals surface area contributed by atoms with Gasteiger partial charge >= 0.3 is 5.97 Å². The molecule has 1 saturated carbocycles. The Kier molecular flexibility index (Phi) is 6.80. The van der Waals surface area contributed by atoms with Gasteiger partial charge in [0.15, 0.2) is 0 Å². The van der Waals surface area contributed by atoms with Crippen LogP contribution in [0, 0.1) is 5.92 Å². The first-order valence-corrected chi connectivity index (χ1v) is 6.79. The SMILES string of the molecule is CCOC(=O)CN(CCOC)C(=O)C1CCCC1N. The van der Waals surface area contributed by atoms with Gasteiger partial charge in [0.05, 0.1) is 19.1 Å². The fourth-order valence-electron chi connectivity index (χ4n) is 2.36. The van der Waals surface area contributed by atoms with Crippen molar-refractivity contribution < 1.29 is 19.1 Å². The monoisotopic (exact) mass is 272 g/mol. The van der Waals surface area contributed by atoms with E-state index in [-0.39, 0.29) is 24.4 Å². The Morgan fingerprint density at radius 2 is 2.11 bits per heavy atom. The Balaban J connectivity index is 2.61. The Labute approximate surface area is 114 Å². The van der Waals surface area contributed by atoms with Gasteiger partial charge in [-0.05, 0) is 19.8 Å². The highest BCUT2D eigenvalue weighted by Gasteiger charge is 2.33. The van der Waals surface area contributed by atoms with Crippen LogP contribution in [0.2, 0.25) is 0 Å². The van der Waals surface area contributed by atoms with E-state index in [2.05, 4.69) is 0 Å². The summed E-state index contributed by atoms with van der Waals surface area (Å²) in [6, 6.07) is -0.0975. The van der Waals surface area contributed by atoms with E-state index in [4.69, 9.17) is 15.2 Å². The van der Waals surface area contributed by atoms with Crippen LogP contribution in [0.25, 0.3) is 0 Å². The third kappa shape index (κ3) is 4.80. The highest BCUT2D eigenvalue weighted by Crippen LogP contribution is 2.25. The number of esters is 1. The van der Waals surface area contributed by atoms with E-state index in [1.165, 1.54) is 4.90 Å². The summed E-state index contributed by atoms with van der Waals surface area (Å²) < 4.78 is 9.86. The maximum atomic E-state index is 12.4. The summed E-state index contributed by atoms with van der Waals surface area (Å²) in [7, 11) is 1.56. The number of hydrogen-bond donors (Lipinski definition) is 1. The summed E-state index contributed by atoms with van der Waals surface area (Å²) in [5.41, 5.74) is 5.94. The second kappa shape index (κ2) is 8.12. The van der Waals surface area contributed by atoms with Crippen LogP contribution in [0.15, 0.2) is 0 Å². The predicted molar refractivity (Wildman–Crippen MR) is 70.4 cm³/mol. The minimum absolute atomic E-state index is 0.0285. The average Bonchev–Trinajstić information content (AvgIpc) is 2.80. The zero-order valence-electron chi connectivity index (χ0n) is 11.8. The number of hydrogen-bond acceptors (Lipinski definition) is 5. The molecular weight excluding hydrogens is 248 g/mol. The molecule has 0 bridgehead atoms. The van der Waals surface area contributed by atoms with Crippen molar-refractivity contribution in [2.75, 3.05) is 33.4 Å². The van der Waals surface area contributed by atoms with Crippen molar-refractivity contribution in [3.05, 3.63) is 0 Å². The minimum Gasteiger partial charge on any atom is -0.465 e. The first kappa shape index (κ1) is 15.9. The Morgan fingerprint density at radius 1 is 1.37 bits per heavy atom. The molecule has 0 saturated heterocycles. The topological polar surface area (TPSA) is 81.9 Å². The standard InChI is InChI=1S/C13H24N2O4/c1-3-19-12(16)9-15(7-8-18-2)13(17)10-5-4-6-11(10)14/h10-11H,3-9,14H2,1-2H3. The molecule has 2 N–H and O–H groups in total. The number of nitrogens with zero attached hydrogens (tertiary/aromatic N) is 1. The van der Waals surface area contributed by atoms with E-state index in [1.54, 1.807) is 14.0 Å². The van der Waals surface area contributed by atoms with Crippen molar-refractivity contribution in [2.45, 2.75) is 32.2 Å². The normalized spacial score (nSPS) is 22.3. The van der Waals surface area contributed by atoms with Crippen molar-refractivity contribution in [1.82, 2.24) is 4.90 Å². The number of rotatable bonds is 7. The lowest BCUT2D eigenvalue weighted by Gasteiger charge is -2.26. The van der Waals surface area contributed by atoms with E-state index in [0.717, 1.165) is 19.3 Å². The highest BCUT2D eigenvalue weighted by atomic mass is 16.5. The Morgan fingerprint density at radius 3 is 2.63 bits per heavy atom. The lowest BCUT2D eigenvalue weighted by atomic mass is 10.0. The van der Waals surface area contributed by atoms with E-state index in [0.29, 0.717) is 19.8 Å². The number of carbonyl (C=O) groups is 2. The van der Waals surface area contributed by atoms with Crippen LogP contribution < -0.4 is 5.73 Å². The summed E-state index contributed by atoms with van der Waals surface area (Å²) in [5, 5.41) is 0. The lowest BCUT2D eigenvalue weighted by Crippen LogP contribution is -2.45. The molecule has 1 rings (SSSR count). The van der Waals surface area contributed by atoms with E-state index in [1.807, 2.05) is 0 Å². The summed E-state index contributed by atoms with van der Waals surface area (Å²) in [4.78, 5) is 25.4. The summed E-state index contributed by atoms with van der Waals surface area (Å²) in [5.74, 6) is -0.625. The number of methoxy groups -OCH3 is 1. The largest absolute Gasteiger partial charge is 0.465 e. The van der Waals surface area contributed by atoms with Gasteiger partial charge in [-0.3, -0.25) is 9.59 Å². The predicted octanol–water partition coefficient (Wildman–Crippen LogP) is 0.152. The minimum atomic E-state index is -0.390. The molecule has 0 aromatic carbocycles. The van der Waals surface area contributed by atoms with Crippen molar-refractivity contribution in [2.24, 2.45) is 11.7 Å². The van der Waals surface area contributed by atoms with Crippen LogP contribution in [-0.4, -0.2) is 56.2 Å². The first-order chi connectivity index (χ1) is 9.10. The van der Waals surface area contributed by atoms with Crippen LogP contribution in [-0.2, 0) is 19.1 Å². The average molecular weight is 272 g/mol. The number of carbonyl (C=O) groups excluding carboxylic acids is 2. The van der Waals surface area contributed by atoms with Gasteiger partial charge < -0.3 is 20.1 Å². The number of nitrogens with two attached hydrogens (primary N) is 1. The molecule has 2 unspecified atom stereocenters. The highest BCUT2D eigenvalue weighted by molar-refractivity contribution is 5.84. The van der Waals surface area contributed by atoms with Crippen molar-refractivity contribution in [3.8, 4) is 0 Å². The maximum Gasteiger partial charge on any atom is 0.325 e. The van der Waals surface area contributed by atoms with Crippen LogP contribution >= 0.6 is 0 Å². The molecular formula is C13H24N2O4. The van der Waals surface area contributed by atoms with Gasteiger partial charge in [-0.25, -0.2) is 0 Å². The van der Waals surface area contributed by atoms with Crippen molar-refractivity contribution in [1.29, 1.82) is 0 Å². The zero-order chi connectivity index (χ0) is 14.3. The second-order valence-corrected chi connectivity index (χ2v) is 4.76. The molecule has 1 amide bonds. The molecule has 6 nitrogen and oxygen atoms in total. The van der Waals surface area contributed by atoms with Gasteiger partial charge in [-0.1, -0.05) is 6.42 Å². The molecule has 19 heavy (non-hydrogen) atoms. The smallest absolute Gasteiger partial charge is 0.325 e. The Bertz CT molecular complexity index is 309. The molecule has 0 aliphatic heterocycles. The van der Waals surface area contributed by atoms with Crippen LogP contribution in [0.4, 0.5) is 0 Å². The second-order valence-electron chi connectivity index (χ2n) is 4.76. The fourth-order valence-corrected chi connectivity index (χ4v) is 2.36. The molecule has 1 aliphatic carbocycles. The first-order valence-electron chi connectivity index (χ1n) is 6.79. The van der Waals surface area contributed by atoms with E-state index >= 15 is 0 Å². The van der Waals surface area contributed by atoms with Gasteiger partial charge in [-0.15, -0.1) is 0 Å². The quantitative estimate of drug-likeness (QED) is 0.667. The van der Waals surface area contributed by atoms with E-state index < -0.39 is 5.97 Å². The summed E-state index contributed by atoms with van der Waals surface area (Å²) in [6.45, 7) is 2.81. The molecule has 1 fully saturated rings. The molecule has 110 valence electrons. The molecule has 0 spiro atoms. The van der Waals surface area contributed by atoms with Crippen molar-refractivity contribution in [3.63, 3.8) is 0 Å². The molecule has 6 heteroatoms. The van der Waals surface area contributed by atoms with Gasteiger partial charge in [0.25, 0.3) is 0 Å². The third-order valence-electron chi connectivity index (χ3n) is 3.39. The van der Waals surface area contributed by atoms with Crippen LogP contribution in [0.1, 0.15) is 26.2 Å². The fraction of sp³-hybridized carbons (Fsp3) is 0.846. The van der Waals surface area contributed by atoms with Crippen LogP contribution in [0.5, 0.6) is 0 Å². The molecule has 1 aliphatic rings. The maximum absolute atomic E-state index is 12.4. The van der Waals surface area contributed by atoms with Gasteiger partial charge in [-0.2, -0.15) is 0 Å². The molecule has 0 aromatic rings. The molecule has 0 heterocycles. The number of amides is 1. The van der Waals surface area contributed by atoms with Gasteiger partial charge in [0.1, 0.15) is 6.54 Å². The van der Waals surface area contributed by atoms with E-state index in [9.17, 15) is 9.59 Å². The van der Waals surface area contributed by atoms with Gasteiger partial charge in [0, 0.05) is 19.7 Å². The van der Waals surface area contributed by atoms with Crippen LogP contribution in [0.3, 0.4) is 0 Å². The molecule has 0 radical (unpaired) electrons. The molecule has 0 aromatic heterocycles. The lowest BCUT2D eigenvalue weighted by molar-refractivity contribution is -0.150. The third-order valence-corrected chi connectivity index (χ3v) is 3.39.